The Morgan fingerprint density at radius 2 is 2.08 bits per heavy atom. The van der Waals surface area contributed by atoms with Gasteiger partial charge in [-0.15, -0.1) is 0 Å². The summed E-state index contributed by atoms with van der Waals surface area (Å²) in [5.74, 6) is 0.354. The maximum absolute atomic E-state index is 12.8. The van der Waals surface area contributed by atoms with Crippen molar-refractivity contribution in [3.05, 3.63) is 29.8 Å². The summed E-state index contributed by atoms with van der Waals surface area (Å²) in [6.45, 7) is 0. The Morgan fingerprint density at radius 3 is 2.75 bits per heavy atom. The first-order valence-corrected chi connectivity index (χ1v) is 4.48. The minimum Gasteiger partial charge on any atom is -0.261 e. The van der Waals surface area contributed by atoms with Crippen molar-refractivity contribution in [3.63, 3.8) is 0 Å². The van der Waals surface area contributed by atoms with Crippen molar-refractivity contribution in [3.8, 4) is 0 Å². The molecular formula is C10H12FN. The molecule has 1 aliphatic rings. The van der Waals surface area contributed by atoms with Crippen molar-refractivity contribution < 1.29 is 4.39 Å². The number of rotatable bonds is 1. The normalized spacial score (nSPS) is 18.4. The molecule has 0 aliphatic heterocycles. The van der Waals surface area contributed by atoms with Gasteiger partial charge in [0.05, 0.1) is 0 Å². The molecule has 0 unspecified atom stereocenters. The molecule has 1 nitrogen and oxygen atoms in total. The van der Waals surface area contributed by atoms with Crippen LogP contribution in [0.3, 0.4) is 0 Å². The van der Waals surface area contributed by atoms with E-state index in [4.69, 9.17) is 0 Å². The molecule has 1 fully saturated rings. The largest absolute Gasteiger partial charge is 0.261 e. The molecule has 1 aromatic rings. The Labute approximate surface area is 71.6 Å². The predicted octanol–water partition coefficient (Wildman–Crippen LogP) is 2.88. The Hall–Kier alpha value is -0.920. The molecule has 0 radical (unpaired) electrons. The van der Waals surface area contributed by atoms with Gasteiger partial charge in [0, 0.05) is 17.8 Å². The van der Waals surface area contributed by atoms with Crippen LogP contribution in [0.4, 0.5) is 4.39 Å². The molecule has 1 heterocycles. The third-order valence-corrected chi connectivity index (χ3v) is 2.52. The molecule has 2 rings (SSSR count). The van der Waals surface area contributed by atoms with Gasteiger partial charge in [-0.25, -0.2) is 4.39 Å². The number of hydrogen-bond donors (Lipinski definition) is 0. The van der Waals surface area contributed by atoms with E-state index in [0.29, 0.717) is 5.92 Å². The van der Waals surface area contributed by atoms with Crippen LogP contribution in [0.25, 0.3) is 0 Å². The van der Waals surface area contributed by atoms with Gasteiger partial charge >= 0.3 is 0 Å². The molecule has 1 aromatic heterocycles. The molecule has 2 heteroatoms. The first kappa shape index (κ1) is 7.71. The Morgan fingerprint density at radius 1 is 1.33 bits per heavy atom. The van der Waals surface area contributed by atoms with Crippen molar-refractivity contribution >= 4 is 0 Å². The second kappa shape index (κ2) is 3.21. The van der Waals surface area contributed by atoms with E-state index >= 15 is 0 Å². The number of nitrogens with zero attached hydrogens (tertiary/aromatic N) is 1. The smallest absolute Gasteiger partial charge is 0.126 e. The highest BCUT2D eigenvalue weighted by Gasteiger charge is 2.18. The molecule has 0 amide bonds. The molecule has 0 spiro atoms. The first-order chi connectivity index (χ1) is 5.86. The van der Waals surface area contributed by atoms with E-state index in [2.05, 4.69) is 4.98 Å². The maximum atomic E-state index is 12.8. The zero-order chi connectivity index (χ0) is 8.39. The van der Waals surface area contributed by atoms with Crippen LogP contribution in [0.15, 0.2) is 18.3 Å². The number of pyridine rings is 1. The fourth-order valence-corrected chi connectivity index (χ4v) is 1.87. The van der Waals surface area contributed by atoms with Gasteiger partial charge in [0.15, 0.2) is 0 Å². The maximum Gasteiger partial charge on any atom is 0.126 e. The fourth-order valence-electron chi connectivity index (χ4n) is 1.87. The molecule has 0 atom stereocenters. The molecule has 0 bridgehead atoms. The summed E-state index contributed by atoms with van der Waals surface area (Å²) in [5, 5.41) is 0. The van der Waals surface area contributed by atoms with Crippen molar-refractivity contribution in [2.75, 3.05) is 0 Å². The zero-order valence-electron chi connectivity index (χ0n) is 6.96. The summed E-state index contributed by atoms with van der Waals surface area (Å²) in [7, 11) is 0. The lowest BCUT2D eigenvalue weighted by Crippen LogP contribution is -1.96. The van der Waals surface area contributed by atoms with Gasteiger partial charge in [-0.3, -0.25) is 4.98 Å². The highest BCUT2D eigenvalue weighted by atomic mass is 19.1. The van der Waals surface area contributed by atoms with E-state index < -0.39 is 0 Å². The van der Waals surface area contributed by atoms with Gasteiger partial charge in [0.1, 0.15) is 5.82 Å². The summed E-state index contributed by atoms with van der Waals surface area (Å²) in [6.07, 6.45) is 6.45. The highest BCUT2D eigenvalue weighted by Crippen LogP contribution is 2.32. The van der Waals surface area contributed by atoms with Gasteiger partial charge in [0.2, 0.25) is 0 Å². The SMILES string of the molecule is Fc1ccnc(C2CCCC2)c1. The van der Waals surface area contributed by atoms with Gasteiger partial charge in [-0.05, 0) is 25.0 Å². The number of aromatic nitrogens is 1. The second-order valence-electron chi connectivity index (χ2n) is 3.38. The van der Waals surface area contributed by atoms with Crippen LogP contribution in [-0.2, 0) is 0 Å². The second-order valence-corrected chi connectivity index (χ2v) is 3.38. The molecular weight excluding hydrogens is 153 g/mol. The predicted molar refractivity (Wildman–Crippen MR) is 45.4 cm³/mol. The van der Waals surface area contributed by atoms with E-state index in [9.17, 15) is 4.39 Å². The summed E-state index contributed by atoms with van der Waals surface area (Å²) in [4.78, 5) is 4.18. The van der Waals surface area contributed by atoms with Crippen LogP contribution in [-0.4, -0.2) is 4.98 Å². The minimum atomic E-state index is -0.160. The summed E-state index contributed by atoms with van der Waals surface area (Å²) in [6, 6.07) is 2.97. The minimum absolute atomic E-state index is 0.160. The molecule has 64 valence electrons. The lowest BCUT2D eigenvalue weighted by molar-refractivity contribution is 0.610. The van der Waals surface area contributed by atoms with E-state index in [1.807, 2.05) is 0 Å². The molecule has 0 aromatic carbocycles. The van der Waals surface area contributed by atoms with Crippen molar-refractivity contribution in [1.82, 2.24) is 4.98 Å². The van der Waals surface area contributed by atoms with E-state index in [-0.39, 0.29) is 5.82 Å². The molecule has 1 saturated carbocycles. The van der Waals surface area contributed by atoms with Crippen LogP contribution in [0, 0.1) is 5.82 Å². The fraction of sp³-hybridized carbons (Fsp3) is 0.500. The third-order valence-electron chi connectivity index (χ3n) is 2.52. The number of hydrogen-bond acceptors (Lipinski definition) is 1. The Bertz CT molecular complexity index is 266. The van der Waals surface area contributed by atoms with Crippen LogP contribution in [0.5, 0.6) is 0 Å². The third kappa shape index (κ3) is 1.47. The van der Waals surface area contributed by atoms with Gasteiger partial charge in [-0.1, -0.05) is 12.8 Å². The van der Waals surface area contributed by atoms with E-state index in [0.717, 1.165) is 5.69 Å². The van der Waals surface area contributed by atoms with Crippen LogP contribution >= 0.6 is 0 Å². The molecule has 0 saturated heterocycles. The summed E-state index contributed by atoms with van der Waals surface area (Å²) >= 11 is 0. The lowest BCUT2D eigenvalue weighted by atomic mass is 10.0. The first-order valence-electron chi connectivity index (χ1n) is 4.48. The quantitative estimate of drug-likeness (QED) is 0.623. The van der Waals surface area contributed by atoms with Gasteiger partial charge in [0.25, 0.3) is 0 Å². The molecule has 12 heavy (non-hydrogen) atoms. The van der Waals surface area contributed by atoms with Gasteiger partial charge < -0.3 is 0 Å². The number of halogens is 1. The van der Waals surface area contributed by atoms with Crippen LogP contribution in [0.2, 0.25) is 0 Å². The van der Waals surface area contributed by atoms with Crippen molar-refractivity contribution in [1.29, 1.82) is 0 Å². The van der Waals surface area contributed by atoms with E-state index in [1.54, 1.807) is 12.3 Å². The molecule has 0 N–H and O–H groups in total. The lowest BCUT2D eigenvalue weighted by Gasteiger charge is -2.06. The monoisotopic (exact) mass is 165 g/mol. The average Bonchev–Trinajstić information content (AvgIpc) is 2.56. The average molecular weight is 165 g/mol. The van der Waals surface area contributed by atoms with Crippen molar-refractivity contribution in [2.24, 2.45) is 0 Å². The van der Waals surface area contributed by atoms with Gasteiger partial charge in [-0.2, -0.15) is 0 Å². The van der Waals surface area contributed by atoms with Crippen LogP contribution in [0.1, 0.15) is 37.3 Å². The topological polar surface area (TPSA) is 12.9 Å². The summed E-state index contributed by atoms with van der Waals surface area (Å²) < 4.78 is 12.8. The van der Waals surface area contributed by atoms with E-state index in [1.165, 1.54) is 31.7 Å². The van der Waals surface area contributed by atoms with Crippen LogP contribution < -0.4 is 0 Å². The molecule has 1 aliphatic carbocycles. The van der Waals surface area contributed by atoms with Crippen molar-refractivity contribution in [2.45, 2.75) is 31.6 Å². The standard InChI is InChI=1S/C10H12FN/c11-9-5-6-12-10(7-9)8-3-1-2-4-8/h5-8H,1-4H2. The zero-order valence-corrected chi connectivity index (χ0v) is 6.96. The highest BCUT2D eigenvalue weighted by molar-refractivity contribution is 5.12. The Kier molecular flexibility index (Phi) is 2.07. The summed E-state index contributed by atoms with van der Waals surface area (Å²) in [5.41, 5.74) is 0.938. The Balaban J connectivity index is 2.21.